The quantitative estimate of drug-likeness (QED) is 0.734. The first kappa shape index (κ1) is 19.9. The Labute approximate surface area is 168 Å². The molecule has 0 aliphatic carbocycles. The molecule has 2 aromatic carbocycles. The second-order valence-electron chi connectivity index (χ2n) is 6.51. The molecule has 1 aliphatic heterocycles. The van der Waals surface area contributed by atoms with Crippen molar-refractivity contribution in [3.63, 3.8) is 0 Å². The highest BCUT2D eigenvalue weighted by Crippen LogP contribution is 2.23. The summed E-state index contributed by atoms with van der Waals surface area (Å²) in [6.07, 6.45) is 3.37. The number of rotatable bonds is 6. The predicted molar refractivity (Wildman–Crippen MR) is 110 cm³/mol. The minimum atomic E-state index is -0.189. The van der Waals surface area contributed by atoms with Crippen molar-refractivity contribution < 1.29 is 9.59 Å². The van der Waals surface area contributed by atoms with Gasteiger partial charge in [0.25, 0.3) is 5.91 Å². The zero-order valence-electron chi connectivity index (χ0n) is 15.5. The van der Waals surface area contributed by atoms with Gasteiger partial charge in [-0.05, 0) is 43.2 Å². The summed E-state index contributed by atoms with van der Waals surface area (Å²) in [4.78, 5) is 25.7. The second kappa shape index (κ2) is 9.93. The molecule has 0 bridgehead atoms. The van der Waals surface area contributed by atoms with Crippen LogP contribution in [0.25, 0.3) is 0 Å². The van der Waals surface area contributed by atoms with Gasteiger partial charge in [0.2, 0.25) is 5.91 Å². The van der Waals surface area contributed by atoms with Crippen molar-refractivity contribution in [2.24, 2.45) is 0 Å². The molecule has 144 valence electrons. The molecule has 0 atom stereocenters. The van der Waals surface area contributed by atoms with E-state index in [9.17, 15) is 9.59 Å². The Morgan fingerprint density at radius 3 is 2.64 bits per heavy atom. The van der Waals surface area contributed by atoms with Gasteiger partial charge in [-0.3, -0.25) is 15.0 Å². The van der Waals surface area contributed by atoms with Gasteiger partial charge in [0.05, 0.1) is 22.9 Å². The van der Waals surface area contributed by atoms with Crippen molar-refractivity contribution in [1.29, 1.82) is 5.26 Å². The SMILES string of the molecule is N#Cc1cccc(NC(=O)CSc2ccccc2C(=O)NN2CCCCC2)c1. The van der Waals surface area contributed by atoms with E-state index in [-0.39, 0.29) is 17.6 Å². The van der Waals surface area contributed by atoms with Crippen LogP contribution in [0.3, 0.4) is 0 Å². The van der Waals surface area contributed by atoms with Gasteiger partial charge in [0.15, 0.2) is 0 Å². The molecule has 0 spiro atoms. The Morgan fingerprint density at radius 2 is 1.86 bits per heavy atom. The van der Waals surface area contributed by atoms with Gasteiger partial charge in [-0.25, -0.2) is 5.01 Å². The lowest BCUT2D eigenvalue weighted by Gasteiger charge is -2.27. The van der Waals surface area contributed by atoms with Crippen LogP contribution >= 0.6 is 11.8 Å². The summed E-state index contributed by atoms with van der Waals surface area (Å²) in [5.74, 6) is -0.163. The van der Waals surface area contributed by atoms with E-state index in [1.54, 1.807) is 30.3 Å². The van der Waals surface area contributed by atoms with Gasteiger partial charge < -0.3 is 5.32 Å². The molecule has 1 saturated heterocycles. The normalized spacial score (nSPS) is 14.1. The molecule has 2 aromatic rings. The van der Waals surface area contributed by atoms with E-state index < -0.39 is 0 Å². The maximum atomic E-state index is 12.6. The number of benzene rings is 2. The number of nitrogens with one attached hydrogen (secondary N) is 2. The minimum absolute atomic E-state index is 0.146. The van der Waals surface area contributed by atoms with E-state index in [4.69, 9.17) is 5.26 Å². The third-order valence-corrected chi connectivity index (χ3v) is 5.46. The van der Waals surface area contributed by atoms with E-state index in [1.807, 2.05) is 29.3 Å². The summed E-state index contributed by atoms with van der Waals surface area (Å²) in [6, 6.07) is 16.1. The van der Waals surface area contributed by atoms with Crippen LogP contribution in [0, 0.1) is 11.3 Å². The summed E-state index contributed by atoms with van der Waals surface area (Å²) >= 11 is 1.32. The molecule has 2 N–H and O–H groups in total. The average molecular weight is 395 g/mol. The Balaban J connectivity index is 1.58. The van der Waals surface area contributed by atoms with Crippen LogP contribution in [-0.4, -0.2) is 35.7 Å². The van der Waals surface area contributed by atoms with Gasteiger partial charge in [-0.15, -0.1) is 11.8 Å². The molecule has 0 saturated carbocycles. The lowest BCUT2D eigenvalue weighted by Crippen LogP contribution is -2.45. The summed E-state index contributed by atoms with van der Waals surface area (Å²) in [5.41, 5.74) is 4.61. The summed E-state index contributed by atoms with van der Waals surface area (Å²) in [7, 11) is 0. The standard InChI is InChI=1S/C21H22N4O2S/c22-14-16-7-6-8-17(13-16)23-20(26)15-28-19-10-3-2-9-18(19)21(27)24-25-11-4-1-5-12-25/h2-3,6-10,13H,1,4-5,11-12,15H2,(H,23,26)(H,24,27). The van der Waals surface area contributed by atoms with Crippen LogP contribution in [0.4, 0.5) is 5.69 Å². The van der Waals surface area contributed by atoms with Gasteiger partial charge in [0, 0.05) is 23.7 Å². The molecular formula is C21H22N4O2S. The lowest BCUT2D eigenvalue weighted by molar-refractivity contribution is -0.113. The van der Waals surface area contributed by atoms with E-state index in [0.29, 0.717) is 16.8 Å². The van der Waals surface area contributed by atoms with Crippen molar-refractivity contribution in [3.05, 3.63) is 59.7 Å². The Bertz CT molecular complexity index is 888. The molecule has 0 radical (unpaired) electrons. The van der Waals surface area contributed by atoms with Crippen molar-refractivity contribution in [2.75, 3.05) is 24.2 Å². The second-order valence-corrected chi connectivity index (χ2v) is 7.53. The largest absolute Gasteiger partial charge is 0.325 e. The van der Waals surface area contributed by atoms with Crippen molar-refractivity contribution in [2.45, 2.75) is 24.2 Å². The van der Waals surface area contributed by atoms with Crippen LogP contribution in [0.2, 0.25) is 0 Å². The monoisotopic (exact) mass is 394 g/mol. The zero-order chi connectivity index (χ0) is 19.8. The van der Waals surface area contributed by atoms with Crippen LogP contribution < -0.4 is 10.7 Å². The van der Waals surface area contributed by atoms with Gasteiger partial charge >= 0.3 is 0 Å². The van der Waals surface area contributed by atoms with Crippen LogP contribution in [0.15, 0.2) is 53.4 Å². The number of carbonyl (C=O) groups is 2. The number of carbonyl (C=O) groups excluding carboxylic acids is 2. The fraction of sp³-hybridized carbons (Fsp3) is 0.286. The first-order valence-corrected chi connectivity index (χ1v) is 10.2. The van der Waals surface area contributed by atoms with Crippen molar-refractivity contribution in [3.8, 4) is 6.07 Å². The lowest BCUT2D eigenvalue weighted by atomic mass is 10.1. The minimum Gasteiger partial charge on any atom is -0.325 e. The first-order chi connectivity index (χ1) is 13.7. The number of nitriles is 1. The number of nitrogens with zero attached hydrogens (tertiary/aromatic N) is 2. The molecule has 1 heterocycles. The molecule has 2 amide bonds. The Morgan fingerprint density at radius 1 is 1.07 bits per heavy atom. The molecule has 28 heavy (non-hydrogen) atoms. The topological polar surface area (TPSA) is 85.2 Å². The van der Waals surface area contributed by atoms with Crippen LogP contribution in [-0.2, 0) is 4.79 Å². The highest BCUT2D eigenvalue weighted by atomic mass is 32.2. The smallest absolute Gasteiger partial charge is 0.266 e. The summed E-state index contributed by atoms with van der Waals surface area (Å²) < 4.78 is 0. The number of hydrazine groups is 1. The van der Waals surface area contributed by atoms with E-state index in [1.165, 1.54) is 18.2 Å². The van der Waals surface area contributed by atoms with E-state index in [2.05, 4.69) is 10.7 Å². The first-order valence-electron chi connectivity index (χ1n) is 9.23. The fourth-order valence-corrected chi connectivity index (χ4v) is 3.85. The van der Waals surface area contributed by atoms with E-state index in [0.717, 1.165) is 30.8 Å². The molecule has 6 nitrogen and oxygen atoms in total. The number of thioether (sulfide) groups is 1. The highest BCUT2D eigenvalue weighted by molar-refractivity contribution is 8.00. The Kier molecular flexibility index (Phi) is 7.06. The molecule has 1 aliphatic rings. The van der Waals surface area contributed by atoms with Crippen molar-refractivity contribution >= 4 is 29.3 Å². The molecule has 1 fully saturated rings. The third kappa shape index (κ3) is 5.59. The van der Waals surface area contributed by atoms with Crippen molar-refractivity contribution in [1.82, 2.24) is 10.4 Å². The Hall–Kier alpha value is -2.82. The number of hydrogen-bond donors (Lipinski definition) is 2. The number of anilines is 1. The molecule has 7 heteroatoms. The zero-order valence-corrected chi connectivity index (χ0v) is 16.3. The number of hydrogen-bond acceptors (Lipinski definition) is 5. The molecule has 3 rings (SSSR count). The van der Waals surface area contributed by atoms with Crippen LogP contribution in [0.1, 0.15) is 35.2 Å². The third-order valence-electron chi connectivity index (χ3n) is 4.38. The molecule has 0 unspecified atom stereocenters. The number of piperidine rings is 1. The maximum absolute atomic E-state index is 12.6. The number of amides is 2. The molecule has 0 aromatic heterocycles. The van der Waals surface area contributed by atoms with Gasteiger partial charge in [0.1, 0.15) is 0 Å². The van der Waals surface area contributed by atoms with E-state index >= 15 is 0 Å². The van der Waals surface area contributed by atoms with Gasteiger partial charge in [-0.2, -0.15) is 5.26 Å². The summed E-state index contributed by atoms with van der Waals surface area (Å²) in [5, 5.41) is 13.7. The van der Waals surface area contributed by atoms with Gasteiger partial charge in [-0.1, -0.05) is 24.6 Å². The fourth-order valence-electron chi connectivity index (χ4n) is 3.00. The summed E-state index contributed by atoms with van der Waals surface area (Å²) in [6.45, 7) is 1.73. The highest BCUT2D eigenvalue weighted by Gasteiger charge is 2.17. The van der Waals surface area contributed by atoms with Crippen LogP contribution in [0.5, 0.6) is 0 Å². The molecular weight excluding hydrogens is 372 g/mol. The maximum Gasteiger partial charge on any atom is 0.266 e. The average Bonchev–Trinajstić information content (AvgIpc) is 2.73. The predicted octanol–water partition coefficient (Wildman–Crippen LogP) is 3.42.